The highest BCUT2D eigenvalue weighted by molar-refractivity contribution is 5.80. The maximum Gasteiger partial charge on any atom is 0.408 e. The zero-order chi connectivity index (χ0) is 27.1. The van der Waals surface area contributed by atoms with E-state index in [4.69, 9.17) is 4.74 Å². The molecule has 0 saturated heterocycles. The summed E-state index contributed by atoms with van der Waals surface area (Å²) in [4.78, 5) is 35.3. The van der Waals surface area contributed by atoms with Crippen LogP contribution in [0.15, 0.2) is 0 Å². The lowest BCUT2D eigenvalue weighted by Crippen LogP contribution is -2.43. The van der Waals surface area contributed by atoms with Crippen molar-refractivity contribution in [1.82, 2.24) is 5.32 Å². The van der Waals surface area contributed by atoms with Crippen molar-refractivity contribution in [3.05, 3.63) is 0 Å². The summed E-state index contributed by atoms with van der Waals surface area (Å²) in [5, 5.41) is 11.7. The van der Waals surface area contributed by atoms with Crippen LogP contribution in [-0.4, -0.2) is 34.6 Å². The predicted octanol–water partition coefficient (Wildman–Crippen LogP) is 8.75. The summed E-state index contributed by atoms with van der Waals surface area (Å²) in [7, 11) is 0. The summed E-state index contributed by atoms with van der Waals surface area (Å²) >= 11 is 0. The summed E-state index contributed by atoms with van der Waals surface area (Å²) in [5.41, 5.74) is -0.666. The first-order chi connectivity index (χ1) is 17.2. The molecule has 0 aromatic rings. The lowest BCUT2D eigenvalue weighted by Gasteiger charge is -2.22. The number of unbranched alkanes of at least 4 members (excludes halogenated alkanes) is 16. The van der Waals surface area contributed by atoms with Crippen molar-refractivity contribution >= 4 is 17.8 Å². The van der Waals surface area contributed by atoms with E-state index in [9.17, 15) is 19.5 Å². The number of Topliss-reactive ketones (excluding diaryl/α,β-unsaturated/α-hetero) is 1. The van der Waals surface area contributed by atoms with Gasteiger partial charge < -0.3 is 15.2 Å². The van der Waals surface area contributed by atoms with Crippen molar-refractivity contribution in [2.45, 2.75) is 174 Å². The Morgan fingerprint density at radius 1 is 0.667 bits per heavy atom. The SMILES string of the molecule is CCCCCCCCCCCCCCCCCC(=O)CCCCC[C@H](NC(=O)OC(C)(C)C)C(=O)O. The monoisotopic (exact) mass is 511 g/mol. The van der Waals surface area contributed by atoms with Gasteiger partial charge >= 0.3 is 12.1 Å². The topological polar surface area (TPSA) is 92.7 Å². The zero-order valence-corrected chi connectivity index (χ0v) is 24.0. The second kappa shape index (κ2) is 22.6. The van der Waals surface area contributed by atoms with Crippen LogP contribution in [0.3, 0.4) is 0 Å². The molecule has 2 N–H and O–H groups in total. The van der Waals surface area contributed by atoms with E-state index in [-0.39, 0.29) is 0 Å². The molecule has 0 aromatic carbocycles. The van der Waals surface area contributed by atoms with E-state index < -0.39 is 23.7 Å². The molecule has 0 bridgehead atoms. The van der Waals surface area contributed by atoms with Gasteiger partial charge in [-0.05, 0) is 40.0 Å². The number of nitrogens with one attached hydrogen (secondary N) is 1. The van der Waals surface area contributed by atoms with E-state index >= 15 is 0 Å². The van der Waals surface area contributed by atoms with Crippen LogP contribution >= 0.6 is 0 Å². The van der Waals surface area contributed by atoms with Gasteiger partial charge in [0.25, 0.3) is 0 Å². The molecule has 0 rings (SSSR count). The number of amides is 1. The van der Waals surface area contributed by atoms with Gasteiger partial charge in [-0.1, -0.05) is 110 Å². The summed E-state index contributed by atoms with van der Waals surface area (Å²) in [5.74, 6) is -0.753. The van der Waals surface area contributed by atoms with Crippen LogP contribution in [0.4, 0.5) is 4.79 Å². The minimum absolute atomic E-state index is 0.311. The maximum absolute atomic E-state index is 12.1. The largest absolute Gasteiger partial charge is 0.480 e. The van der Waals surface area contributed by atoms with Crippen molar-refractivity contribution in [2.24, 2.45) is 0 Å². The number of carbonyl (C=O) groups is 3. The van der Waals surface area contributed by atoms with Crippen LogP contribution in [0.25, 0.3) is 0 Å². The molecule has 212 valence electrons. The van der Waals surface area contributed by atoms with Crippen molar-refractivity contribution in [3.8, 4) is 0 Å². The van der Waals surface area contributed by atoms with E-state index in [2.05, 4.69) is 12.2 Å². The molecule has 0 saturated carbocycles. The average molecular weight is 512 g/mol. The molecule has 1 amide bonds. The number of rotatable bonds is 24. The van der Waals surface area contributed by atoms with E-state index in [0.29, 0.717) is 31.5 Å². The quantitative estimate of drug-likeness (QED) is 0.126. The van der Waals surface area contributed by atoms with Crippen LogP contribution in [0, 0.1) is 0 Å². The number of carboxylic acids is 1. The Balaban J connectivity index is 3.56. The smallest absolute Gasteiger partial charge is 0.408 e. The summed E-state index contributed by atoms with van der Waals surface area (Å²) in [6, 6.07) is -0.962. The lowest BCUT2D eigenvalue weighted by atomic mass is 10.0. The van der Waals surface area contributed by atoms with Gasteiger partial charge in [-0.2, -0.15) is 0 Å². The van der Waals surface area contributed by atoms with Gasteiger partial charge in [0.2, 0.25) is 0 Å². The first kappa shape index (κ1) is 34.4. The number of alkyl carbamates (subject to hydrolysis) is 1. The van der Waals surface area contributed by atoms with Gasteiger partial charge in [0.1, 0.15) is 17.4 Å². The minimum Gasteiger partial charge on any atom is -0.480 e. The Morgan fingerprint density at radius 3 is 1.44 bits per heavy atom. The third kappa shape index (κ3) is 24.1. The number of ether oxygens (including phenoxy) is 1. The van der Waals surface area contributed by atoms with Gasteiger partial charge in [-0.3, -0.25) is 4.79 Å². The molecule has 0 aliphatic heterocycles. The number of carboxylic acid groups (broad SMARTS) is 1. The van der Waals surface area contributed by atoms with Crippen molar-refractivity contribution in [2.75, 3.05) is 0 Å². The third-order valence-corrected chi connectivity index (χ3v) is 6.50. The van der Waals surface area contributed by atoms with Gasteiger partial charge in [-0.25, -0.2) is 9.59 Å². The normalized spacial score (nSPS) is 12.3. The summed E-state index contributed by atoms with van der Waals surface area (Å²) < 4.78 is 5.12. The van der Waals surface area contributed by atoms with Gasteiger partial charge in [0.15, 0.2) is 0 Å². The Kier molecular flexibility index (Phi) is 21.6. The second-order valence-electron chi connectivity index (χ2n) is 11.4. The van der Waals surface area contributed by atoms with E-state index in [1.165, 1.54) is 83.5 Å². The minimum atomic E-state index is -1.06. The van der Waals surface area contributed by atoms with Crippen molar-refractivity contribution < 1.29 is 24.2 Å². The first-order valence-electron chi connectivity index (χ1n) is 14.9. The molecule has 0 aliphatic carbocycles. The highest BCUT2D eigenvalue weighted by Crippen LogP contribution is 2.15. The standard InChI is InChI=1S/C30H57NO5/c1-5-6-7-8-9-10-11-12-13-14-15-16-17-18-20-23-26(32)24-21-19-22-25-27(28(33)34)31-29(35)36-30(2,3)4/h27H,5-25H2,1-4H3,(H,31,35)(H,33,34)/t27-/m0/s1. The Labute approximate surface area is 221 Å². The summed E-state index contributed by atoms with van der Waals surface area (Å²) in [6.07, 6.45) is 22.9. The second-order valence-corrected chi connectivity index (χ2v) is 11.4. The fourth-order valence-electron chi connectivity index (χ4n) is 4.37. The Morgan fingerprint density at radius 2 is 1.06 bits per heavy atom. The molecule has 0 spiro atoms. The van der Waals surface area contributed by atoms with Crippen LogP contribution in [0.2, 0.25) is 0 Å². The predicted molar refractivity (Wildman–Crippen MR) is 148 cm³/mol. The number of carbonyl (C=O) groups excluding carboxylic acids is 2. The Hall–Kier alpha value is -1.59. The lowest BCUT2D eigenvalue weighted by molar-refractivity contribution is -0.139. The van der Waals surface area contributed by atoms with Gasteiger partial charge in [0, 0.05) is 12.8 Å². The molecular formula is C30H57NO5. The van der Waals surface area contributed by atoms with Crippen molar-refractivity contribution in [3.63, 3.8) is 0 Å². The van der Waals surface area contributed by atoms with E-state index in [1.807, 2.05) is 0 Å². The fourth-order valence-corrected chi connectivity index (χ4v) is 4.37. The molecule has 0 radical (unpaired) electrons. The molecule has 0 heterocycles. The van der Waals surface area contributed by atoms with Crippen LogP contribution < -0.4 is 5.32 Å². The number of aliphatic carboxylic acids is 1. The van der Waals surface area contributed by atoms with Crippen LogP contribution in [-0.2, 0) is 14.3 Å². The molecule has 6 heteroatoms. The molecule has 0 fully saturated rings. The van der Waals surface area contributed by atoms with Gasteiger partial charge in [-0.15, -0.1) is 0 Å². The molecular weight excluding hydrogens is 454 g/mol. The number of hydrogen-bond acceptors (Lipinski definition) is 4. The summed E-state index contributed by atoms with van der Waals surface area (Å²) in [6.45, 7) is 7.47. The van der Waals surface area contributed by atoms with E-state index in [0.717, 1.165) is 25.7 Å². The first-order valence-corrected chi connectivity index (χ1v) is 14.9. The molecule has 0 unspecified atom stereocenters. The maximum atomic E-state index is 12.1. The third-order valence-electron chi connectivity index (χ3n) is 6.50. The molecule has 0 aromatic heterocycles. The zero-order valence-electron chi connectivity index (χ0n) is 24.0. The van der Waals surface area contributed by atoms with Gasteiger partial charge in [0.05, 0.1) is 0 Å². The molecule has 36 heavy (non-hydrogen) atoms. The number of hydrogen-bond donors (Lipinski definition) is 2. The number of ketones is 1. The fraction of sp³-hybridized carbons (Fsp3) is 0.900. The average Bonchev–Trinajstić information content (AvgIpc) is 2.79. The van der Waals surface area contributed by atoms with Crippen LogP contribution in [0.5, 0.6) is 0 Å². The molecule has 0 aliphatic rings. The van der Waals surface area contributed by atoms with E-state index in [1.54, 1.807) is 20.8 Å². The van der Waals surface area contributed by atoms with Crippen molar-refractivity contribution in [1.29, 1.82) is 0 Å². The Bertz CT molecular complexity index is 570. The van der Waals surface area contributed by atoms with Crippen LogP contribution in [0.1, 0.15) is 163 Å². The molecule has 6 nitrogen and oxygen atoms in total. The highest BCUT2D eigenvalue weighted by atomic mass is 16.6. The highest BCUT2D eigenvalue weighted by Gasteiger charge is 2.23. The molecule has 1 atom stereocenters.